The predicted octanol–water partition coefficient (Wildman–Crippen LogP) is 2.83. The highest BCUT2D eigenvalue weighted by Gasteiger charge is 2.34. The summed E-state index contributed by atoms with van der Waals surface area (Å²) in [5, 5.41) is 5.97. The number of carbonyl (C=O) groups is 2. The van der Waals surface area contributed by atoms with Crippen molar-refractivity contribution in [2.75, 3.05) is 10.6 Å². The lowest BCUT2D eigenvalue weighted by Gasteiger charge is -2.16. The normalized spacial score (nSPS) is 11.2. The maximum atomic E-state index is 13.2. The average Bonchev–Trinajstić information content (AvgIpc) is 2.79. The average molecular weight is 373 g/mol. The third-order valence-electron chi connectivity index (χ3n) is 3.20. The van der Waals surface area contributed by atoms with Gasteiger partial charge in [0.1, 0.15) is 6.54 Å². The molecule has 0 atom stereocenters. The highest BCUT2D eigenvalue weighted by atomic mass is 32.1. The van der Waals surface area contributed by atoms with E-state index in [1.54, 1.807) is 12.3 Å². The van der Waals surface area contributed by atoms with Gasteiger partial charge in [-0.1, -0.05) is 11.3 Å². The number of nitrogens with zero attached hydrogens (tertiary/aromatic N) is 1. The lowest BCUT2D eigenvalue weighted by molar-refractivity contribution is -0.137. The zero-order valence-corrected chi connectivity index (χ0v) is 14.0. The van der Waals surface area contributed by atoms with Gasteiger partial charge in [-0.05, 0) is 25.1 Å². The minimum atomic E-state index is -4.73. The monoisotopic (exact) mass is 373 g/mol. The Bertz CT molecular complexity index is 871. The van der Waals surface area contributed by atoms with Crippen LogP contribution in [0.15, 0.2) is 28.4 Å². The van der Waals surface area contributed by atoms with Gasteiger partial charge in [0.25, 0.3) is 0 Å². The van der Waals surface area contributed by atoms with Crippen LogP contribution in [0, 0.1) is 6.92 Å². The third-order valence-corrected chi connectivity index (χ3v) is 4.08. The van der Waals surface area contributed by atoms with Crippen molar-refractivity contribution in [3.05, 3.63) is 44.5 Å². The Morgan fingerprint density at radius 3 is 2.44 bits per heavy atom. The topological polar surface area (TPSA) is 80.2 Å². The van der Waals surface area contributed by atoms with E-state index in [2.05, 4.69) is 10.6 Å². The van der Waals surface area contributed by atoms with E-state index in [-0.39, 0.29) is 17.1 Å². The summed E-state index contributed by atoms with van der Waals surface area (Å²) < 4.78 is 40.8. The first-order valence-corrected chi connectivity index (χ1v) is 7.89. The number of benzene rings is 1. The maximum absolute atomic E-state index is 13.2. The molecule has 0 bridgehead atoms. The first-order valence-electron chi connectivity index (χ1n) is 7.01. The minimum Gasteiger partial charge on any atom is -0.326 e. The Hall–Kier alpha value is -2.62. The molecule has 0 spiro atoms. The second kappa shape index (κ2) is 7.09. The molecule has 0 unspecified atom stereocenters. The zero-order valence-electron chi connectivity index (χ0n) is 13.2. The van der Waals surface area contributed by atoms with Crippen molar-refractivity contribution in [2.45, 2.75) is 26.6 Å². The van der Waals surface area contributed by atoms with Gasteiger partial charge in [0, 0.05) is 23.7 Å². The summed E-state index contributed by atoms with van der Waals surface area (Å²) in [4.78, 5) is 34.2. The van der Waals surface area contributed by atoms with Crippen LogP contribution < -0.4 is 15.5 Å². The Kier molecular flexibility index (Phi) is 5.31. The number of thiazole rings is 1. The summed E-state index contributed by atoms with van der Waals surface area (Å²) in [7, 11) is 0. The molecule has 2 aromatic rings. The van der Waals surface area contributed by atoms with E-state index in [4.69, 9.17) is 0 Å². The Morgan fingerprint density at radius 2 is 1.92 bits per heavy atom. The number of anilines is 2. The molecular formula is C15H14F3N3O3S. The molecule has 0 aliphatic heterocycles. The first-order chi connectivity index (χ1) is 11.6. The predicted molar refractivity (Wildman–Crippen MR) is 87.7 cm³/mol. The van der Waals surface area contributed by atoms with Crippen LogP contribution in [0.4, 0.5) is 24.5 Å². The third kappa shape index (κ3) is 4.69. The molecule has 2 amide bonds. The smallest absolute Gasteiger partial charge is 0.326 e. The molecule has 134 valence electrons. The van der Waals surface area contributed by atoms with Crippen molar-refractivity contribution in [1.29, 1.82) is 0 Å². The van der Waals surface area contributed by atoms with Crippen molar-refractivity contribution in [2.24, 2.45) is 0 Å². The summed E-state index contributed by atoms with van der Waals surface area (Å²) in [5.74, 6) is -1.28. The lowest BCUT2D eigenvalue weighted by Crippen LogP contribution is -2.26. The molecule has 0 aliphatic rings. The quantitative estimate of drug-likeness (QED) is 0.865. The summed E-state index contributed by atoms with van der Waals surface area (Å²) in [6.45, 7) is 2.40. The second-order valence-corrected chi connectivity index (χ2v) is 6.04. The standard InChI is InChI=1S/C15H14F3N3O3S/c1-8-7-25-14(24)21(8)6-13(23)20-12-4-3-10(19-9(2)22)5-11(12)15(16,17)18/h3-5,7H,6H2,1-2H3,(H,19,22)(H,20,23). The van der Waals surface area contributed by atoms with Crippen LogP contribution in [0.3, 0.4) is 0 Å². The van der Waals surface area contributed by atoms with Crippen LogP contribution in [0.5, 0.6) is 0 Å². The van der Waals surface area contributed by atoms with Crippen molar-refractivity contribution >= 4 is 34.5 Å². The summed E-state index contributed by atoms with van der Waals surface area (Å²) in [6, 6.07) is 3.03. The first kappa shape index (κ1) is 18.7. The van der Waals surface area contributed by atoms with Crippen LogP contribution in [0.1, 0.15) is 18.2 Å². The molecule has 25 heavy (non-hydrogen) atoms. The van der Waals surface area contributed by atoms with Gasteiger partial charge in [-0.3, -0.25) is 19.0 Å². The van der Waals surface area contributed by atoms with Gasteiger partial charge in [0.15, 0.2) is 0 Å². The van der Waals surface area contributed by atoms with E-state index in [9.17, 15) is 27.6 Å². The Balaban J connectivity index is 2.27. The molecule has 0 saturated heterocycles. The lowest BCUT2D eigenvalue weighted by atomic mass is 10.1. The number of carbonyl (C=O) groups excluding carboxylic acids is 2. The largest absolute Gasteiger partial charge is 0.418 e. The van der Waals surface area contributed by atoms with E-state index >= 15 is 0 Å². The van der Waals surface area contributed by atoms with Crippen molar-refractivity contribution in [3.8, 4) is 0 Å². The number of aryl methyl sites for hydroxylation is 1. The fraction of sp³-hybridized carbons (Fsp3) is 0.267. The van der Waals surface area contributed by atoms with Crippen molar-refractivity contribution < 1.29 is 22.8 Å². The summed E-state index contributed by atoms with van der Waals surface area (Å²) >= 11 is 0.902. The number of hydrogen-bond acceptors (Lipinski definition) is 4. The van der Waals surface area contributed by atoms with E-state index in [1.807, 2.05) is 0 Å². The minimum absolute atomic E-state index is 0.0391. The van der Waals surface area contributed by atoms with Gasteiger partial charge < -0.3 is 10.6 Å². The van der Waals surface area contributed by atoms with Gasteiger partial charge in [-0.2, -0.15) is 13.2 Å². The summed E-state index contributed by atoms with van der Waals surface area (Å²) in [6.07, 6.45) is -4.73. The molecule has 2 rings (SSSR count). The molecule has 1 aromatic carbocycles. The zero-order chi connectivity index (χ0) is 18.8. The summed E-state index contributed by atoms with van der Waals surface area (Å²) in [5.41, 5.74) is -1.04. The second-order valence-electron chi connectivity index (χ2n) is 5.22. The highest BCUT2D eigenvalue weighted by molar-refractivity contribution is 7.07. The van der Waals surface area contributed by atoms with Crippen LogP contribution in [-0.2, 0) is 22.3 Å². The molecule has 2 N–H and O–H groups in total. The van der Waals surface area contributed by atoms with Gasteiger partial charge in [0.2, 0.25) is 11.8 Å². The molecule has 1 heterocycles. The van der Waals surface area contributed by atoms with E-state index in [0.717, 1.165) is 23.5 Å². The number of rotatable bonds is 4. The van der Waals surface area contributed by atoms with Crippen LogP contribution in [0.2, 0.25) is 0 Å². The van der Waals surface area contributed by atoms with Crippen molar-refractivity contribution in [1.82, 2.24) is 4.57 Å². The molecule has 0 radical (unpaired) electrons. The number of hydrogen-bond donors (Lipinski definition) is 2. The van der Waals surface area contributed by atoms with E-state index in [1.165, 1.54) is 17.6 Å². The van der Waals surface area contributed by atoms with Gasteiger partial charge >= 0.3 is 11.0 Å². The molecular weight excluding hydrogens is 359 g/mol. The fourth-order valence-corrected chi connectivity index (χ4v) is 2.83. The Morgan fingerprint density at radius 1 is 1.24 bits per heavy atom. The molecule has 0 aliphatic carbocycles. The van der Waals surface area contributed by atoms with Crippen molar-refractivity contribution in [3.63, 3.8) is 0 Å². The van der Waals surface area contributed by atoms with Gasteiger partial charge in [0.05, 0.1) is 11.3 Å². The molecule has 10 heteroatoms. The number of alkyl halides is 3. The van der Waals surface area contributed by atoms with Gasteiger partial charge in [-0.25, -0.2) is 0 Å². The number of aromatic nitrogens is 1. The molecule has 6 nitrogen and oxygen atoms in total. The van der Waals surface area contributed by atoms with E-state index in [0.29, 0.717) is 5.69 Å². The fourth-order valence-electron chi connectivity index (χ4n) is 2.10. The van der Waals surface area contributed by atoms with Gasteiger partial charge in [-0.15, -0.1) is 0 Å². The molecule has 0 fully saturated rings. The Labute approximate surface area is 144 Å². The number of nitrogens with one attached hydrogen (secondary N) is 2. The SMILES string of the molecule is CC(=O)Nc1ccc(NC(=O)Cn2c(C)csc2=O)c(C(F)(F)F)c1. The maximum Gasteiger partial charge on any atom is 0.418 e. The van der Waals surface area contributed by atoms with E-state index < -0.39 is 29.2 Å². The van der Waals surface area contributed by atoms with Crippen LogP contribution >= 0.6 is 11.3 Å². The molecule has 0 saturated carbocycles. The van der Waals surface area contributed by atoms with Crippen LogP contribution in [-0.4, -0.2) is 16.4 Å². The number of halogens is 3. The molecule has 1 aromatic heterocycles. The van der Waals surface area contributed by atoms with Crippen LogP contribution in [0.25, 0.3) is 0 Å². The highest BCUT2D eigenvalue weighted by Crippen LogP contribution is 2.36. The number of amides is 2.